The fourth-order valence-corrected chi connectivity index (χ4v) is 2.63. The lowest BCUT2D eigenvalue weighted by atomic mass is 10.1. The van der Waals surface area contributed by atoms with Gasteiger partial charge in [-0.15, -0.1) is 0 Å². The van der Waals surface area contributed by atoms with E-state index >= 15 is 0 Å². The van der Waals surface area contributed by atoms with E-state index in [9.17, 15) is 19.1 Å². The van der Waals surface area contributed by atoms with Crippen LogP contribution in [-0.2, 0) is 6.54 Å². The Morgan fingerprint density at radius 2 is 1.83 bits per heavy atom. The number of aryl methyl sites for hydroxylation is 1. The molecule has 0 aliphatic rings. The van der Waals surface area contributed by atoms with Gasteiger partial charge in [0.1, 0.15) is 17.1 Å². The van der Waals surface area contributed by atoms with Crippen molar-refractivity contribution in [3.8, 4) is 5.75 Å². The number of nitrogens with one attached hydrogen (secondary N) is 1. The van der Waals surface area contributed by atoms with E-state index in [-0.39, 0.29) is 11.3 Å². The molecule has 0 bridgehead atoms. The van der Waals surface area contributed by atoms with Gasteiger partial charge in [0.15, 0.2) is 0 Å². The van der Waals surface area contributed by atoms with Crippen LogP contribution in [-0.4, -0.2) is 15.6 Å². The van der Waals surface area contributed by atoms with Gasteiger partial charge in [-0.3, -0.25) is 9.59 Å². The highest BCUT2D eigenvalue weighted by atomic mass is 19.1. The van der Waals surface area contributed by atoms with Crippen molar-refractivity contribution in [1.82, 2.24) is 4.57 Å². The lowest BCUT2D eigenvalue weighted by molar-refractivity contribution is 0.102. The highest BCUT2D eigenvalue weighted by Gasteiger charge is 2.21. The first-order valence-electron chi connectivity index (χ1n) is 7.44. The number of rotatable bonds is 3. The van der Waals surface area contributed by atoms with Gasteiger partial charge in [0.05, 0.1) is 5.52 Å². The average Bonchev–Trinajstić information content (AvgIpc) is 2.57. The molecule has 0 unspecified atom stereocenters. The molecule has 1 heterocycles. The Kier molecular flexibility index (Phi) is 4.04. The first-order chi connectivity index (χ1) is 11.5. The van der Waals surface area contributed by atoms with Gasteiger partial charge in [-0.2, -0.15) is 0 Å². The van der Waals surface area contributed by atoms with Gasteiger partial charge in [0.2, 0.25) is 0 Å². The Labute approximate surface area is 137 Å². The fourth-order valence-electron chi connectivity index (χ4n) is 2.63. The maximum absolute atomic E-state index is 12.9. The second-order valence-electron chi connectivity index (χ2n) is 5.25. The third kappa shape index (κ3) is 2.62. The summed E-state index contributed by atoms with van der Waals surface area (Å²) in [6.07, 6.45) is 0. The van der Waals surface area contributed by atoms with E-state index in [1.54, 1.807) is 31.2 Å². The quantitative estimate of drug-likeness (QED) is 0.777. The molecule has 2 N–H and O–H groups in total. The fraction of sp³-hybridized carbons (Fsp3) is 0.111. The van der Waals surface area contributed by atoms with Crippen LogP contribution in [0, 0.1) is 5.82 Å². The first kappa shape index (κ1) is 15.7. The summed E-state index contributed by atoms with van der Waals surface area (Å²) in [5, 5.41) is 13.3. The number of nitrogens with zero attached hydrogens (tertiary/aromatic N) is 1. The normalized spacial score (nSPS) is 10.8. The lowest BCUT2D eigenvalue weighted by Crippen LogP contribution is -2.29. The van der Waals surface area contributed by atoms with Gasteiger partial charge in [-0.05, 0) is 43.3 Å². The Morgan fingerprint density at radius 1 is 1.17 bits per heavy atom. The standard InChI is InChI=1S/C18H15FN2O3/c1-2-21-14-6-4-3-5-13(14)16(22)15(18(21)24)17(23)20-12-9-7-11(19)8-10-12/h3-10,22H,2H2,1H3,(H,20,23). The van der Waals surface area contributed by atoms with Gasteiger partial charge in [-0.1, -0.05) is 12.1 Å². The number of aromatic hydroxyl groups is 1. The summed E-state index contributed by atoms with van der Waals surface area (Å²) in [4.78, 5) is 25.1. The molecule has 3 rings (SSSR count). The number of halogens is 1. The molecule has 24 heavy (non-hydrogen) atoms. The van der Waals surface area contributed by atoms with E-state index in [1.807, 2.05) is 0 Å². The van der Waals surface area contributed by atoms with E-state index < -0.39 is 17.3 Å². The Hall–Kier alpha value is -3.15. The van der Waals surface area contributed by atoms with Crippen molar-refractivity contribution in [2.24, 2.45) is 0 Å². The SMILES string of the molecule is CCn1c(=O)c(C(=O)Nc2ccc(F)cc2)c(O)c2ccccc21. The maximum atomic E-state index is 12.9. The van der Waals surface area contributed by atoms with Crippen molar-refractivity contribution in [3.63, 3.8) is 0 Å². The maximum Gasteiger partial charge on any atom is 0.267 e. The summed E-state index contributed by atoms with van der Waals surface area (Å²) < 4.78 is 14.4. The molecule has 0 atom stereocenters. The summed E-state index contributed by atoms with van der Waals surface area (Å²) in [5.41, 5.74) is -0.0228. The monoisotopic (exact) mass is 326 g/mol. The topological polar surface area (TPSA) is 71.3 Å². The summed E-state index contributed by atoms with van der Waals surface area (Å²) in [6.45, 7) is 2.14. The average molecular weight is 326 g/mol. The molecule has 3 aromatic rings. The van der Waals surface area contributed by atoms with Gasteiger partial charge in [0, 0.05) is 17.6 Å². The number of anilines is 1. The van der Waals surface area contributed by atoms with Crippen LogP contribution in [0.1, 0.15) is 17.3 Å². The largest absolute Gasteiger partial charge is 0.506 e. The second kappa shape index (κ2) is 6.16. The van der Waals surface area contributed by atoms with Crippen LogP contribution < -0.4 is 10.9 Å². The van der Waals surface area contributed by atoms with Crippen molar-refractivity contribution in [2.45, 2.75) is 13.5 Å². The minimum Gasteiger partial charge on any atom is -0.506 e. The highest BCUT2D eigenvalue weighted by Crippen LogP contribution is 2.26. The zero-order chi connectivity index (χ0) is 17.3. The van der Waals surface area contributed by atoms with Crippen LogP contribution >= 0.6 is 0 Å². The molecule has 0 saturated carbocycles. The molecule has 1 aromatic heterocycles. The Balaban J connectivity index is 2.13. The predicted molar refractivity (Wildman–Crippen MR) is 89.9 cm³/mol. The van der Waals surface area contributed by atoms with Gasteiger partial charge < -0.3 is 15.0 Å². The molecule has 0 aliphatic heterocycles. The molecule has 6 heteroatoms. The summed E-state index contributed by atoms with van der Waals surface area (Å²) in [7, 11) is 0. The minimum atomic E-state index is -0.739. The summed E-state index contributed by atoms with van der Waals surface area (Å²) >= 11 is 0. The Bertz CT molecular complexity index is 978. The van der Waals surface area contributed by atoms with Crippen LogP contribution in [0.3, 0.4) is 0 Å². The number of carbonyl (C=O) groups is 1. The Morgan fingerprint density at radius 3 is 2.50 bits per heavy atom. The van der Waals surface area contributed by atoms with Crippen molar-refractivity contribution in [1.29, 1.82) is 0 Å². The van der Waals surface area contributed by atoms with E-state index in [0.29, 0.717) is 23.1 Å². The predicted octanol–water partition coefficient (Wildman–Crippen LogP) is 3.12. The van der Waals surface area contributed by atoms with Gasteiger partial charge in [-0.25, -0.2) is 4.39 Å². The zero-order valence-electron chi connectivity index (χ0n) is 12.9. The number of pyridine rings is 1. The van der Waals surface area contributed by atoms with Crippen molar-refractivity contribution in [2.75, 3.05) is 5.32 Å². The molecule has 0 radical (unpaired) electrons. The van der Waals surface area contributed by atoms with Gasteiger partial charge >= 0.3 is 0 Å². The van der Waals surface area contributed by atoms with Crippen LogP contribution in [0.15, 0.2) is 53.3 Å². The lowest BCUT2D eigenvalue weighted by Gasteiger charge is -2.13. The van der Waals surface area contributed by atoms with Crippen molar-refractivity contribution in [3.05, 3.63) is 70.3 Å². The smallest absolute Gasteiger partial charge is 0.267 e. The second-order valence-corrected chi connectivity index (χ2v) is 5.25. The molecule has 0 saturated heterocycles. The third-order valence-electron chi connectivity index (χ3n) is 3.79. The molecule has 122 valence electrons. The molecule has 5 nitrogen and oxygen atoms in total. The van der Waals surface area contributed by atoms with E-state index in [0.717, 1.165) is 0 Å². The van der Waals surface area contributed by atoms with Crippen molar-refractivity contribution < 1.29 is 14.3 Å². The summed E-state index contributed by atoms with van der Waals surface area (Å²) in [5.74, 6) is -1.54. The highest BCUT2D eigenvalue weighted by molar-refractivity contribution is 6.09. The van der Waals surface area contributed by atoms with Crippen LogP contribution in [0.5, 0.6) is 5.75 Å². The number of para-hydroxylation sites is 1. The molecular formula is C18H15FN2O3. The zero-order valence-corrected chi connectivity index (χ0v) is 12.9. The number of carbonyl (C=O) groups excluding carboxylic acids is 1. The summed E-state index contributed by atoms with van der Waals surface area (Å²) in [6, 6.07) is 12.0. The molecular weight excluding hydrogens is 311 g/mol. The number of aromatic nitrogens is 1. The van der Waals surface area contributed by atoms with Crippen LogP contribution in [0.25, 0.3) is 10.9 Å². The minimum absolute atomic E-state index is 0.330. The van der Waals surface area contributed by atoms with E-state index in [1.165, 1.54) is 28.8 Å². The molecule has 0 spiro atoms. The van der Waals surface area contributed by atoms with Crippen molar-refractivity contribution >= 4 is 22.5 Å². The molecule has 1 amide bonds. The molecule has 2 aromatic carbocycles. The number of hydrogen-bond acceptors (Lipinski definition) is 3. The van der Waals surface area contributed by atoms with Crippen LogP contribution in [0.4, 0.5) is 10.1 Å². The molecule has 0 aliphatic carbocycles. The van der Waals surface area contributed by atoms with Gasteiger partial charge in [0.25, 0.3) is 11.5 Å². The van der Waals surface area contributed by atoms with Crippen LogP contribution in [0.2, 0.25) is 0 Å². The first-order valence-corrected chi connectivity index (χ1v) is 7.44. The van der Waals surface area contributed by atoms with E-state index in [2.05, 4.69) is 5.32 Å². The third-order valence-corrected chi connectivity index (χ3v) is 3.79. The number of amides is 1. The molecule has 0 fully saturated rings. The number of benzene rings is 2. The number of fused-ring (bicyclic) bond motifs is 1. The van der Waals surface area contributed by atoms with E-state index in [4.69, 9.17) is 0 Å². The number of hydrogen-bond donors (Lipinski definition) is 2.